The predicted molar refractivity (Wildman–Crippen MR) is 91.5 cm³/mol. The van der Waals surface area contributed by atoms with Gasteiger partial charge in [0, 0.05) is 10.0 Å². The predicted octanol–water partition coefficient (Wildman–Crippen LogP) is 3.28. The van der Waals surface area contributed by atoms with E-state index in [2.05, 4.69) is 21.2 Å². The molecule has 0 aliphatic heterocycles. The van der Waals surface area contributed by atoms with Gasteiger partial charge in [-0.2, -0.15) is 0 Å². The first kappa shape index (κ1) is 17.1. The minimum Gasteiger partial charge on any atom is -0.493 e. The summed E-state index contributed by atoms with van der Waals surface area (Å²) in [5.41, 5.74) is 0.505. The molecule has 6 heteroatoms. The van der Waals surface area contributed by atoms with E-state index < -0.39 is 0 Å². The molecule has 0 radical (unpaired) electrons. The van der Waals surface area contributed by atoms with Gasteiger partial charge in [-0.1, -0.05) is 22.0 Å². The molecule has 0 aromatic heterocycles. The lowest BCUT2D eigenvalue weighted by atomic mass is 10.2. The Hall–Kier alpha value is -2.21. The molecule has 0 unspecified atom stereocenters. The van der Waals surface area contributed by atoms with Crippen LogP contribution in [-0.2, 0) is 0 Å². The van der Waals surface area contributed by atoms with Gasteiger partial charge in [-0.3, -0.25) is 4.79 Å². The van der Waals surface area contributed by atoms with Crippen LogP contribution in [0.1, 0.15) is 10.4 Å². The molecule has 0 atom stereocenters. The summed E-state index contributed by atoms with van der Waals surface area (Å²) in [6.07, 6.45) is 0. The monoisotopic (exact) mass is 379 g/mol. The van der Waals surface area contributed by atoms with Crippen LogP contribution in [0, 0.1) is 0 Å². The van der Waals surface area contributed by atoms with E-state index in [-0.39, 0.29) is 5.91 Å². The highest BCUT2D eigenvalue weighted by molar-refractivity contribution is 9.10. The van der Waals surface area contributed by atoms with Crippen molar-refractivity contribution in [1.29, 1.82) is 0 Å². The van der Waals surface area contributed by atoms with Gasteiger partial charge < -0.3 is 19.5 Å². The fourth-order valence-electron chi connectivity index (χ4n) is 1.97. The largest absolute Gasteiger partial charge is 0.493 e. The zero-order valence-corrected chi connectivity index (χ0v) is 14.6. The van der Waals surface area contributed by atoms with Gasteiger partial charge in [-0.25, -0.2) is 0 Å². The number of carbonyl (C=O) groups excluding carboxylic acids is 1. The first-order chi connectivity index (χ1) is 11.1. The lowest BCUT2D eigenvalue weighted by Crippen LogP contribution is -2.28. The van der Waals surface area contributed by atoms with Crippen LogP contribution >= 0.6 is 15.9 Å². The molecule has 122 valence electrons. The second-order valence-corrected chi connectivity index (χ2v) is 5.55. The number of amides is 1. The van der Waals surface area contributed by atoms with Crippen molar-refractivity contribution in [3.63, 3.8) is 0 Å². The Morgan fingerprint density at radius 1 is 1.09 bits per heavy atom. The molecule has 0 spiro atoms. The number of hydrogen-bond acceptors (Lipinski definition) is 4. The normalized spacial score (nSPS) is 10.0. The molecule has 0 bridgehead atoms. The van der Waals surface area contributed by atoms with E-state index in [1.165, 1.54) is 7.11 Å². The number of methoxy groups -OCH3 is 2. The molecule has 2 aromatic rings. The average Bonchev–Trinajstić information content (AvgIpc) is 2.58. The standard InChI is InChI=1S/C17H18BrNO4/c1-21-15-7-6-12(10-16(15)22-2)17(20)19-8-9-23-14-5-3-4-13(18)11-14/h3-7,10-11H,8-9H2,1-2H3,(H,19,20). The van der Waals surface area contributed by atoms with E-state index in [0.717, 1.165) is 10.2 Å². The van der Waals surface area contributed by atoms with Crippen molar-refractivity contribution in [3.8, 4) is 17.2 Å². The Labute approximate surface area is 143 Å². The highest BCUT2D eigenvalue weighted by Crippen LogP contribution is 2.27. The lowest BCUT2D eigenvalue weighted by molar-refractivity contribution is 0.0946. The van der Waals surface area contributed by atoms with Crippen LogP contribution in [0.5, 0.6) is 17.2 Å². The van der Waals surface area contributed by atoms with Gasteiger partial charge in [0.05, 0.1) is 20.8 Å². The molecule has 1 N–H and O–H groups in total. The van der Waals surface area contributed by atoms with Crippen molar-refractivity contribution in [3.05, 3.63) is 52.5 Å². The van der Waals surface area contributed by atoms with Crippen LogP contribution in [0.15, 0.2) is 46.9 Å². The topological polar surface area (TPSA) is 56.8 Å². The fraction of sp³-hybridized carbons (Fsp3) is 0.235. The summed E-state index contributed by atoms with van der Waals surface area (Å²) in [6.45, 7) is 0.787. The quantitative estimate of drug-likeness (QED) is 0.750. The van der Waals surface area contributed by atoms with E-state index in [4.69, 9.17) is 14.2 Å². The molecule has 23 heavy (non-hydrogen) atoms. The van der Waals surface area contributed by atoms with Crippen molar-refractivity contribution in [2.45, 2.75) is 0 Å². The van der Waals surface area contributed by atoms with Gasteiger partial charge in [0.25, 0.3) is 5.91 Å². The van der Waals surface area contributed by atoms with Crippen LogP contribution in [0.4, 0.5) is 0 Å². The van der Waals surface area contributed by atoms with Gasteiger partial charge in [-0.05, 0) is 36.4 Å². The number of carbonyl (C=O) groups is 1. The maximum absolute atomic E-state index is 12.1. The maximum Gasteiger partial charge on any atom is 0.251 e. The first-order valence-electron chi connectivity index (χ1n) is 7.02. The molecule has 2 aromatic carbocycles. The average molecular weight is 380 g/mol. The first-order valence-corrected chi connectivity index (χ1v) is 7.82. The third-order valence-corrected chi connectivity index (χ3v) is 3.59. The molecule has 5 nitrogen and oxygen atoms in total. The Balaban J connectivity index is 1.85. The van der Waals surface area contributed by atoms with E-state index in [1.54, 1.807) is 25.3 Å². The summed E-state index contributed by atoms with van der Waals surface area (Å²) in [7, 11) is 3.09. The van der Waals surface area contributed by atoms with Crippen LogP contribution in [0.25, 0.3) is 0 Å². The fourth-order valence-corrected chi connectivity index (χ4v) is 2.35. The summed E-state index contributed by atoms with van der Waals surface area (Å²) >= 11 is 3.38. The molecular weight excluding hydrogens is 362 g/mol. The summed E-state index contributed by atoms with van der Waals surface area (Å²) in [4.78, 5) is 12.1. The number of hydrogen-bond donors (Lipinski definition) is 1. The third kappa shape index (κ3) is 4.89. The smallest absolute Gasteiger partial charge is 0.251 e. The molecule has 1 amide bonds. The Morgan fingerprint density at radius 2 is 1.87 bits per heavy atom. The lowest BCUT2D eigenvalue weighted by Gasteiger charge is -2.10. The zero-order chi connectivity index (χ0) is 16.7. The second-order valence-electron chi connectivity index (χ2n) is 4.63. The number of halogens is 1. The molecular formula is C17H18BrNO4. The minimum absolute atomic E-state index is 0.191. The number of benzene rings is 2. The zero-order valence-electron chi connectivity index (χ0n) is 13.0. The molecule has 0 saturated carbocycles. The molecule has 0 saturated heterocycles. The Kier molecular flexibility index (Phi) is 6.29. The van der Waals surface area contributed by atoms with Crippen molar-refractivity contribution in [2.75, 3.05) is 27.4 Å². The second kappa shape index (κ2) is 8.43. The van der Waals surface area contributed by atoms with Crippen LogP contribution in [0.2, 0.25) is 0 Å². The van der Waals surface area contributed by atoms with E-state index >= 15 is 0 Å². The van der Waals surface area contributed by atoms with Crippen molar-refractivity contribution in [2.24, 2.45) is 0 Å². The van der Waals surface area contributed by atoms with Gasteiger partial charge in [0.15, 0.2) is 11.5 Å². The van der Waals surface area contributed by atoms with Crippen LogP contribution < -0.4 is 19.5 Å². The van der Waals surface area contributed by atoms with Crippen molar-refractivity contribution in [1.82, 2.24) is 5.32 Å². The molecule has 2 rings (SSSR count). The van der Waals surface area contributed by atoms with E-state index in [0.29, 0.717) is 30.2 Å². The maximum atomic E-state index is 12.1. The summed E-state index contributed by atoms with van der Waals surface area (Å²) in [5, 5.41) is 2.80. The van der Waals surface area contributed by atoms with Gasteiger partial charge in [0.1, 0.15) is 12.4 Å². The number of rotatable bonds is 7. The van der Waals surface area contributed by atoms with Crippen LogP contribution in [-0.4, -0.2) is 33.3 Å². The van der Waals surface area contributed by atoms with Crippen LogP contribution in [0.3, 0.4) is 0 Å². The molecule has 0 aliphatic rings. The molecule has 0 fully saturated rings. The van der Waals surface area contributed by atoms with Crippen molar-refractivity contribution >= 4 is 21.8 Å². The molecule has 0 heterocycles. The van der Waals surface area contributed by atoms with E-state index in [1.807, 2.05) is 24.3 Å². The van der Waals surface area contributed by atoms with E-state index in [9.17, 15) is 4.79 Å². The summed E-state index contributed by atoms with van der Waals surface area (Å²) in [5.74, 6) is 1.66. The Morgan fingerprint density at radius 3 is 2.57 bits per heavy atom. The number of nitrogens with one attached hydrogen (secondary N) is 1. The summed E-state index contributed by atoms with van der Waals surface area (Å²) in [6, 6.07) is 12.6. The highest BCUT2D eigenvalue weighted by Gasteiger charge is 2.10. The SMILES string of the molecule is COc1ccc(C(=O)NCCOc2cccc(Br)c2)cc1OC. The number of ether oxygens (including phenoxy) is 3. The third-order valence-electron chi connectivity index (χ3n) is 3.10. The Bertz CT molecular complexity index is 675. The highest BCUT2D eigenvalue weighted by atomic mass is 79.9. The van der Waals surface area contributed by atoms with Gasteiger partial charge in [0.2, 0.25) is 0 Å². The molecule has 0 aliphatic carbocycles. The van der Waals surface area contributed by atoms with Gasteiger partial charge in [-0.15, -0.1) is 0 Å². The minimum atomic E-state index is -0.191. The van der Waals surface area contributed by atoms with Crippen molar-refractivity contribution < 1.29 is 19.0 Å². The summed E-state index contributed by atoms with van der Waals surface area (Å²) < 4.78 is 16.8. The van der Waals surface area contributed by atoms with Gasteiger partial charge >= 0.3 is 0 Å².